The Balaban J connectivity index is 2.60. The smallest absolute Gasteiger partial charge is 0.269 e. The molecule has 7 N–H and O–H groups in total. The third-order valence-electron chi connectivity index (χ3n) is 4.43. The van der Waals surface area contributed by atoms with Gasteiger partial charge >= 0.3 is 0 Å². The van der Waals surface area contributed by atoms with E-state index in [1.54, 1.807) is 6.07 Å². The highest BCUT2D eigenvalue weighted by Gasteiger charge is 2.19. The van der Waals surface area contributed by atoms with E-state index in [9.17, 15) is 9.18 Å². The van der Waals surface area contributed by atoms with Crippen molar-refractivity contribution in [3.8, 4) is 11.1 Å². The van der Waals surface area contributed by atoms with E-state index in [1.165, 1.54) is 12.1 Å². The third kappa shape index (κ3) is 3.64. The van der Waals surface area contributed by atoms with Gasteiger partial charge in [-0.25, -0.2) is 4.39 Å². The number of hydrogen-bond acceptors (Lipinski definition) is 4. The van der Waals surface area contributed by atoms with Crippen LogP contribution < -0.4 is 22.5 Å². The second kappa shape index (κ2) is 7.91. The maximum absolute atomic E-state index is 14.6. The van der Waals surface area contributed by atoms with Crippen molar-refractivity contribution in [2.45, 2.75) is 27.2 Å². The lowest BCUT2D eigenvalue weighted by Gasteiger charge is -2.16. The van der Waals surface area contributed by atoms with Crippen LogP contribution in [0.2, 0.25) is 0 Å². The first-order chi connectivity index (χ1) is 12.3. The maximum atomic E-state index is 14.6. The largest absolute Gasteiger partial charge is 0.398 e. The standard InChI is InChI=1S/C20H25FN4O/c1-4-10-25-20(26)19(24)18(23)14-8-9-15(21)16(17(14)22)13-7-5-6-11(2)12(13)3/h5-9H,4,10,22-24H2,1-3H3,(H,25,26)/b19-18+. The first-order valence-electron chi connectivity index (χ1n) is 8.47. The van der Waals surface area contributed by atoms with Crippen LogP contribution in [-0.2, 0) is 4.79 Å². The quantitative estimate of drug-likeness (QED) is 0.488. The van der Waals surface area contributed by atoms with Gasteiger partial charge in [-0.05, 0) is 49.1 Å². The lowest BCUT2D eigenvalue weighted by Crippen LogP contribution is -2.31. The van der Waals surface area contributed by atoms with E-state index in [2.05, 4.69) is 5.32 Å². The molecule has 0 spiro atoms. The zero-order valence-electron chi connectivity index (χ0n) is 15.3. The Kier molecular flexibility index (Phi) is 5.87. The second-order valence-electron chi connectivity index (χ2n) is 6.21. The van der Waals surface area contributed by atoms with E-state index in [0.29, 0.717) is 17.7 Å². The van der Waals surface area contributed by atoms with Crippen LogP contribution in [0.15, 0.2) is 36.0 Å². The van der Waals surface area contributed by atoms with E-state index < -0.39 is 11.7 Å². The number of nitrogens with one attached hydrogen (secondary N) is 1. The van der Waals surface area contributed by atoms with Gasteiger partial charge in [-0.15, -0.1) is 0 Å². The summed E-state index contributed by atoms with van der Waals surface area (Å²) in [6.07, 6.45) is 0.772. The zero-order chi connectivity index (χ0) is 19.4. The molecular formula is C20H25FN4O. The van der Waals surface area contributed by atoms with Crippen molar-refractivity contribution in [3.63, 3.8) is 0 Å². The molecule has 0 aromatic heterocycles. The molecule has 0 radical (unpaired) electrons. The average Bonchev–Trinajstić information content (AvgIpc) is 2.62. The van der Waals surface area contributed by atoms with Crippen molar-refractivity contribution in [1.82, 2.24) is 5.32 Å². The highest BCUT2D eigenvalue weighted by Crippen LogP contribution is 2.36. The topological polar surface area (TPSA) is 107 Å². The molecule has 2 aromatic rings. The minimum Gasteiger partial charge on any atom is -0.398 e. The normalized spacial score (nSPS) is 11.8. The number of aryl methyl sites for hydroxylation is 1. The minimum atomic E-state index is -0.471. The Morgan fingerprint density at radius 2 is 1.85 bits per heavy atom. The number of benzene rings is 2. The van der Waals surface area contributed by atoms with Crippen molar-refractivity contribution in [3.05, 3.63) is 58.5 Å². The number of hydrogen-bond donors (Lipinski definition) is 4. The van der Waals surface area contributed by atoms with Gasteiger partial charge in [-0.3, -0.25) is 4.79 Å². The number of nitrogen functional groups attached to an aromatic ring is 1. The fraction of sp³-hybridized carbons (Fsp3) is 0.250. The Morgan fingerprint density at radius 3 is 2.50 bits per heavy atom. The summed E-state index contributed by atoms with van der Waals surface area (Å²) < 4.78 is 14.6. The molecule has 0 heterocycles. The van der Waals surface area contributed by atoms with Crippen molar-refractivity contribution in [2.24, 2.45) is 11.5 Å². The molecule has 2 aromatic carbocycles. The number of anilines is 1. The molecular weight excluding hydrogens is 331 g/mol. The van der Waals surface area contributed by atoms with Crippen LogP contribution in [0.5, 0.6) is 0 Å². The number of carbonyl (C=O) groups is 1. The van der Waals surface area contributed by atoms with Gasteiger partial charge in [0.1, 0.15) is 11.5 Å². The first-order valence-corrected chi connectivity index (χ1v) is 8.47. The average molecular weight is 356 g/mol. The first kappa shape index (κ1) is 19.3. The van der Waals surface area contributed by atoms with Crippen molar-refractivity contribution in [2.75, 3.05) is 12.3 Å². The fourth-order valence-corrected chi connectivity index (χ4v) is 2.72. The molecule has 0 aliphatic carbocycles. The van der Waals surface area contributed by atoms with E-state index in [0.717, 1.165) is 17.5 Å². The van der Waals surface area contributed by atoms with Crippen LogP contribution in [-0.4, -0.2) is 12.5 Å². The van der Waals surface area contributed by atoms with Gasteiger partial charge in [-0.1, -0.05) is 25.1 Å². The van der Waals surface area contributed by atoms with E-state index in [-0.39, 0.29) is 22.6 Å². The Bertz CT molecular complexity index is 874. The van der Waals surface area contributed by atoms with Gasteiger partial charge in [0.15, 0.2) is 0 Å². The molecule has 0 saturated carbocycles. The van der Waals surface area contributed by atoms with Gasteiger partial charge in [-0.2, -0.15) is 0 Å². The lowest BCUT2D eigenvalue weighted by molar-refractivity contribution is -0.117. The predicted molar refractivity (Wildman–Crippen MR) is 104 cm³/mol. The lowest BCUT2D eigenvalue weighted by atomic mass is 9.93. The molecule has 0 fully saturated rings. The summed E-state index contributed by atoms with van der Waals surface area (Å²) in [4.78, 5) is 12.1. The number of nitrogens with two attached hydrogens (primary N) is 3. The molecule has 2 rings (SSSR count). The summed E-state index contributed by atoms with van der Waals surface area (Å²) in [6.45, 7) is 6.26. The number of rotatable bonds is 5. The second-order valence-corrected chi connectivity index (χ2v) is 6.21. The van der Waals surface area contributed by atoms with Crippen molar-refractivity contribution in [1.29, 1.82) is 0 Å². The van der Waals surface area contributed by atoms with Crippen molar-refractivity contribution < 1.29 is 9.18 Å². The number of carbonyl (C=O) groups excluding carboxylic acids is 1. The van der Waals surface area contributed by atoms with Crippen molar-refractivity contribution >= 4 is 17.3 Å². The van der Waals surface area contributed by atoms with Gasteiger partial charge in [0.2, 0.25) is 0 Å². The molecule has 6 heteroatoms. The van der Waals surface area contributed by atoms with Gasteiger partial charge in [0.25, 0.3) is 5.91 Å². The molecule has 0 bridgehead atoms. The number of amides is 1. The van der Waals surface area contributed by atoms with E-state index in [4.69, 9.17) is 17.2 Å². The maximum Gasteiger partial charge on any atom is 0.269 e. The summed E-state index contributed by atoms with van der Waals surface area (Å²) in [5.41, 5.74) is 21.5. The number of halogens is 1. The monoisotopic (exact) mass is 356 g/mol. The van der Waals surface area contributed by atoms with Gasteiger partial charge in [0, 0.05) is 17.7 Å². The highest BCUT2D eigenvalue weighted by atomic mass is 19.1. The summed E-state index contributed by atoms with van der Waals surface area (Å²) in [5, 5.41) is 2.66. The van der Waals surface area contributed by atoms with Crippen LogP contribution in [0.1, 0.15) is 30.0 Å². The minimum absolute atomic E-state index is 0.0302. The fourth-order valence-electron chi connectivity index (χ4n) is 2.72. The SMILES string of the molecule is CCCNC(=O)/C(N)=C(\N)c1ccc(F)c(-c2cccc(C)c2C)c1N. The van der Waals surface area contributed by atoms with E-state index >= 15 is 0 Å². The molecule has 0 aliphatic heterocycles. The molecule has 26 heavy (non-hydrogen) atoms. The summed E-state index contributed by atoms with van der Waals surface area (Å²) >= 11 is 0. The van der Waals surface area contributed by atoms with E-state index in [1.807, 2.05) is 32.9 Å². The van der Waals surface area contributed by atoms with Gasteiger partial charge in [0.05, 0.1) is 11.4 Å². The van der Waals surface area contributed by atoms with Crippen LogP contribution >= 0.6 is 0 Å². The molecule has 0 atom stereocenters. The predicted octanol–water partition coefficient (Wildman–Crippen LogP) is 2.80. The highest BCUT2D eigenvalue weighted by molar-refractivity contribution is 6.01. The van der Waals surface area contributed by atoms with Crippen LogP contribution in [0.3, 0.4) is 0 Å². The Morgan fingerprint density at radius 1 is 1.15 bits per heavy atom. The summed E-state index contributed by atoms with van der Waals surface area (Å²) in [6, 6.07) is 8.32. The molecule has 5 nitrogen and oxygen atoms in total. The summed E-state index contributed by atoms with van der Waals surface area (Å²) in [5.74, 6) is -0.928. The Labute approximate surface area is 153 Å². The van der Waals surface area contributed by atoms with Crippen LogP contribution in [0.4, 0.5) is 10.1 Å². The molecule has 0 saturated heterocycles. The zero-order valence-corrected chi connectivity index (χ0v) is 15.3. The Hall–Kier alpha value is -3.02. The van der Waals surface area contributed by atoms with Crippen LogP contribution in [0.25, 0.3) is 16.8 Å². The van der Waals surface area contributed by atoms with Crippen LogP contribution in [0, 0.1) is 19.7 Å². The third-order valence-corrected chi connectivity index (χ3v) is 4.43. The molecule has 138 valence electrons. The molecule has 0 aliphatic rings. The molecule has 0 unspecified atom stereocenters. The summed E-state index contributed by atoms with van der Waals surface area (Å²) in [7, 11) is 0. The molecule has 1 amide bonds. The van der Waals surface area contributed by atoms with Gasteiger partial charge < -0.3 is 22.5 Å².